The maximum atomic E-state index is 13.1. The maximum absolute atomic E-state index is 13.1. The first-order chi connectivity index (χ1) is 21.6. The molecule has 0 bridgehead atoms. The normalized spacial score (nSPS) is 14.0. The minimum Gasteiger partial charge on any atom is -0.378 e. The Hall–Kier alpha value is -6.09. The molecule has 4 aromatic rings. The summed E-state index contributed by atoms with van der Waals surface area (Å²) in [6.07, 6.45) is 0. The molecule has 0 fully saturated rings. The third-order valence-electron chi connectivity index (χ3n) is 7.58. The molecule has 0 unspecified atom stereocenters. The van der Waals surface area contributed by atoms with E-state index in [1.165, 1.54) is 30.3 Å². The molecule has 0 saturated carbocycles. The largest absolute Gasteiger partial charge is 0.378 e. The summed E-state index contributed by atoms with van der Waals surface area (Å²) in [7, 11) is 0. The Bertz CT molecular complexity index is 2020. The molecular weight excluding hydrogens is 590 g/mol. The zero-order valence-electron chi connectivity index (χ0n) is 23.2. The second kappa shape index (κ2) is 11.2. The predicted octanol–water partition coefficient (Wildman–Crippen LogP) is 2.83. The Morgan fingerprint density at radius 1 is 0.689 bits per heavy atom. The number of nitro benzene ring substituents is 2. The molecule has 0 spiro atoms. The number of amides is 5. The van der Waals surface area contributed by atoms with Gasteiger partial charge in [0.2, 0.25) is 5.91 Å². The fourth-order valence-corrected chi connectivity index (χ4v) is 5.56. The summed E-state index contributed by atoms with van der Waals surface area (Å²) in [5.41, 5.74) is -0.241. The van der Waals surface area contributed by atoms with Gasteiger partial charge in [0.1, 0.15) is 6.54 Å². The molecule has 0 atom stereocenters. The van der Waals surface area contributed by atoms with Gasteiger partial charge in [-0.25, -0.2) is 0 Å². The van der Waals surface area contributed by atoms with E-state index >= 15 is 0 Å². The van der Waals surface area contributed by atoms with E-state index in [1.54, 1.807) is 18.2 Å². The number of benzene rings is 4. The zero-order valence-corrected chi connectivity index (χ0v) is 23.2. The van der Waals surface area contributed by atoms with Gasteiger partial charge in [0, 0.05) is 52.7 Å². The highest BCUT2D eigenvalue weighted by molar-refractivity contribution is 6.27. The molecule has 0 saturated heterocycles. The summed E-state index contributed by atoms with van der Waals surface area (Å²) in [6, 6.07) is 14.1. The van der Waals surface area contributed by atoms with Crippen LogP contribution in [0.15, 0.2) is 60.7 Å². The highest BCUT2D eigenvalue weighted by atomic mass is 16.6. The average molecular weight is 612 g/mol. The van der Waals surface area contributed by atoms with Gasteiger partial charge in [-0.05, 0) is 22.9 Å². The van der Waals surface area contributed by atoms with Crippen LogP contribution in [-0.4, -0.2) is 82.0 Å². The lowest BCUT2D eigenvalue weighted by Crippen LogP contribution is -2.46. The van der Waals surface area contributed by atoms with Crippen LogP contribution < -0.4 is 5.32 Å². The molecule has 226 valence electrons. The third-order valence-corrected chi connectivity index (χ3v) is 7.58. The lowest BCUT2D eigenvalue weighted by Gasteiger charge is -2.27. The van der Waals surface area contributed by atoms with E-state index in [9.17, 15) is 44.2 Å². The van der Waals surface area contributed by atoms with Crippen molar-refractivity contribution in [1.29, 1.82) is 0 Å². The van der Waals surface area contributed by atoms with Crippen molar-refractivity contribution in [2.24, 2.45) is 0 Å². The van der Waals surface area contributed by atoms with Crippen LogP contribution in [0, 0.1) is 20.2 Å². The van der Waals surface area contributed by atoms with E-state index in [0.717, 1.165) is 17.0 Å². The number of imide groups is 2. The van der Waals surface area contributed by atoms with Crippen molar-refractivity contribution in [3.8, 4) is 0 Å². The molecule has 4 aromatic carbocycles. The number of ether oxygens (including phenoxy) is 1. The Kier molecular flexibility index (Phi) is 7.22. The van der Waals surface area contributed by atoms with Crippen molar-refractivity contribution < 1.29 is 38.6 Å². The van der Waals surface area contributed by atoms with E-state index in [1.807, 2.05) is 0 Å². The molecule has 5 amide bonds. The first kappa shape index (κ1) is 29.0. The number of hydrogen-bond acceptors (Lipinski definition) is 10. The number of non-ortho nitro benzene ring substituents is 2. The van der Waals surface area contributed by atoms with Crippen LogP contribution in [0.25, 0.3) is 21.5 Å². The quantitative estimate of drug-likeness (QED) is 0.120. The summed E-state index contributed by atoms with van der Waals surface area (Å²) in [6.45, 7) is -0.975. The molecular formula is C30H21N5O10. The first-order valence-electron chi connectivity index (χ1n) is 13.6. The van der Waals surface area contributed by atoms with Crippen LogP contribution in [0.4, 0.5) is 11.4 Å². The molecule has 0 radical (unpaired) electrons. The Labute approximate surface area is 252 Å². The molecule has 2 aliphatic heterocycles. The topological polar surface area (TPSA) is 199 Å². The van der Waals surface area contributed by atoms with Crippen LogP contribution in [0.3, 0.4) is 0 Å². The number of rotatable bonds is 10. The zero-order chi connectivity index (χ0) is 32.0. The van der Waals surface area contributed by atoms with Crippen LogP contribution >= 0.6 is 0 Å². The Balaban J connectivity index is 1.04. The number of nitrogens with one attached hydrogen (secondary N) is 1. The lowest BCUT2D eigenvalue weighted by molar-refractivity contribution is -0.384. The van der Waals surface area contributed by atoms with Gasteiger partial charge in [-0.3, -0.25) is 54.0 Å². The van der Waals surface area contributed by atoms with Crippen molar-refractivity contribution in [3.05, 3.63) is 103 Å². The molecule has 0 aliphatic carbocycles. The number of nitro groups is 2. The van der Waals surface area contributed by atoms with Crippen LogP contribution in [0.5, 0.6) is 0 Å². The third kappa shape index (κ3) is 5.00. The van der Waals surface area contributed by atoms with E-state index in [4.69, 9.17) is 4.74 Å². The highest BCUT2D eigenvalue weighted by Crippen LogP contribution is 2.34. The summed E-state index contributed by atoms with van der Waals surface area (Å²) in [4.78, 5) is 88.0. The minimum absolute atomic E-state index is 0.0388. The Morgan fingerprint density at radius 3 is 1.71 bits per heavy atom. The fourth-order valence-electron chi connectivity index (χ4n) is 5.56. The number of carbonyl (C=O) groups excluding carboxylic acids is 5. The van der Waals surface area contributed by atoms with Gasteiger partial charge in [-0.15, -0.1) is 0 Å². The predicted molar refractivity (Wildman–Crippen MR) is 156 cm³/mol. The Morgan fingerprint density at radius 2 is 1.18 bits per heavy atom. The van der Waals surface area contributed by atoms with Gasteiger partial charge < -0.3 is 10.1 Å². The highest BCUT2D eigenvalue weighted by Gasteiger charge is 2.36. The lowest BCUT2D eigenvalue weighted by atomic mass is 9.93. The van der Waals surface area contributed by atoms with Gasteiger partial charge in [-0.1, -0.05) is 24.3 Å². The average Bonchev–Trinajstić information content (AvgIpc) is 3.02. The number of nitrogens with zero attached hydrogens (tertiary/aromatic N) is 4. The van der Waals surface area contributed by atoms with Gasteiger partial charge in [0.15, 0.2) is 0 Å². The first-order valence-corrected chi connectivity index (χ1v) is 13.6. The van der Waals surface area contributed by atoms with Gasteiger partial charge in [-0.2, -0.15) is 0 Å². The second-order valence-electron chi connectivity index (χ2n) is 10.2. The molecule has 2 heterocycles. The second-order valence-corrected chi connectivity index (χ2v) is 10.2. The van der Waals surface area contributed by atoms with Gasteiger partial charge in [0.05, 0.1) is 40.7 Å². The standard InChI is InChI=1S/C30H21N5O10/c36-24(15-33-28(38)21-6-2-4-17-12-19(35(43)44)14-23(26(17)21)30(33)40)31-7-9-45-10-8-32-27(37)20-5-1-3-16-11-18(34(41)42)13-22(25(16)20)29(32)39/h1-6,11-14H,7-10,15H2,(H,31,36). The van der Waals surface area contributed by atoms with Crippen LogP contribution in [-0.2, 0) is 9.53 Å². The molecule has 2 aliphatic rings. The summed E-state index contributed by atoms with van der Waals surface area (Å²) < 4.78 is 5.48. The molecule has 1 N–H and O–H groups in total. The van der Waals surface area contributed by atoms with Crippen molar-refractivity contribution in [2.75, 3.05) is 32.8 Å². The van der Waals surface area contributed by atoms with Crippen molar-refractivity contribution in [1.82, 2.24) is 15.1 Å². The fraction of sp³-hybridized carbons (Fsp3) is 0.167. The summed E-state index contributed by atoms with van der Waals surface area (Å²) in [5.74, 6) is -3.49. The van der Waals surface area contributed by atoms with E-state index in [-0.39, 0.29) is 65.3 Å². The van der Waals surface area contributed by atoms with Crippen LogP contribution in [0.2, 0.25) is 0 Å². The monoisotopic (exact) mass is 611 g/mol. The van der Waals surface area contributed by atoms with E-state index in [2.05, 4.69) is 5.32 Å². The maximum Gasteiger partial charge on any atom is 0.270 e. The molecule has 45 heavy (non-hydrogen) atoms. The number of carbonyl (C=O) groups is 5. The van der Waals surface area contributed by atoms with Crippen molar-refractivity contribution >= 4 is 62.5 Å². The van der Waals surface area contributed by atoms with Gasteiger partial charge in [0.25, 0.3) is 35.0 Å². The van der Waals surface area contributed by atoms with Crippen molar-refractivity contribution in [2.45, 2.75) is 0 Å². The van der Waals surface area contributed by atoms with Gasteiger partial charge >= 0.3 is 0 Å². The number of hydrogen-bond donors (Lipinski definition) is 1. The SMILES string of the molecule is O=C(CN1C(=O)c2cccc3cc([N+](=O)[O-])cc(c23)C1=O)NCCOCCN1C(=O)c2cccc3cc([N+](=O)[O-])cc(c23)C1=O. The smallest absolute Gasteiger partial charge is 0.270 e. The molecule has 6 rings (SSSR count). The molecule has 15 heteroatoms. The van der Waals surface area contributed by atoms with E-state index in [0.29, 0.717) is 21.1 Å². The minimum atomic E-state index is -0.836. The van der Waals surface area contributed by atoms with Crippen LogP contribution in [0.1, 0.15) is 41.4 Å². The van der Waals surface area contributed by atoms with Crippen molar-refractivity contribution in [3.63, 3.8) is 0 Å². The molecule has 0 aromatic heterocycles. The van der Waals surface area contributed by atoms with E-state index < -0.39 is 45.9 Å². The summed E-state index contributed by atoms with van der Waals surface area (Å²) >= 11 is 0. The summed E-state index contributed by atoms with van der Waals surface area (Å²) in [5, 5.41) is 26.6. The molecule has 15 nitrogen and oxygen atoms in total.